The highest BCUT2D eigenvalue weighted by atomic mass is 32.1. The van der Waals surface area contributed by atoms with E-state index in [1.54, 1.807) is 0 Å². The number of hydrogen-bond acceptors (Lipinski definition) is 6. The van der Waals surface area contributed by atoms with Crippen molar-refractivity contribution in [2.24, 2.45) is 5.92 Å². The van der Waals surface area contributed by atoms with Gasteiger partial charge in [0.2, 0.25) is 5.89 Å². The normalized spacial score (nSPS) is 20.1. The van der Waals surface area contributed by atoms with E-state index in [-0.39, 0.29) is 6.04 Å². The second kappa shape index (κ2) is 7.76. The van der Waals surface area contributed by atoms with Crippen LogP contribution in [-0.2, 0) is 13.0 Å². The molecule has 5 nitrogen and oxygen atoms in total. The molecule has 0 amide bonds. The molecule has 1 fully saturated rings. The number of nitrogens with zero attached hydrogens (tertiary/aromatic N) is 4. The number of thiophene rings is 1. The zero-order chi connectivity index (χ0) is 17.1. The van der Waals surface area contributed by atoms with Crippen LogP contribution in [0.2, 0.25) is 0 Å². The van der Waals surface area contributed by atoms with Crippen LogP contribution in [-0.4, -0.2) is 46.6 Å². The van der Waals surface area contributed by atoms with Crippen LogP contribution < -0.4 is 0 Å². The van der Waals surface area contributed by atoms with Gasteiger partial charge in [0, 0.05) is 35.8 Å². The zero-order valence-corrected chi connectivity index (χ0v) is 16.0. The Kier molecular flexibility index (Phi) is 5.69. The molecule has 24 heavy (non-hydrogen) atoms. The van der Waals surface area contributed by atoms with E-state index in [1.807, 2.05) is 18.3 Å². The Morgan fingerprint density at radius 1 is 1.46 bits per heavy atom. The smallest absolute Gasteiger partial charge is 0.243 e. The minimum atomic E-state index is 0.173. The van der Waals surface area contributed by atoms with Gasteiger partial charge in [0.05, 0.1) is 6.04 Å². The maximum atomic E-state index is 5.39. The predicted molar refractivity (Wildman–Crippen MR) is 97.2 cm³/mol. The van der Waals surface area contributed by atoms with E-state index in [0.717, 1.165) is 31.2 Å². The summed E-state index contributed by atoms with van der Waals surface area (Å²) in [4.78, 5) is 12.3. The van der Waals surface area contributed by atoms with Crippen molar-refractivity contribution >= 4 is 11.3 Å². The first-order chi connectivity index (χ1) is 11.5. The average Bonchev–Trinajstić information content (AvgIpc) is 3.28. The summed E-state index contributed by atoms with van der Waals surface area (Å²) in [6.45, 7) is 10.9. The van der Waals surface area contributed by atoms with Crippen molar-refractivity contribution in [1.29, 1.82) is 0 Å². The molecule has 2 atom stereocenters. The van der Waals surface area contributed by atoms with Crippen molar-refractivity contribution in [3.63, 3.8) is 0 Å². The van der Waals surface area contributed by atoms with Gasteiger partial charge in [-0.1, -0.05) is 12.1 Å². The van der Waals surface area contributed by atoms with Gasteiger partial charge in [0.15, 0.2) is 5.82 Å². The molecule has 0 aromatic carbocycles. The van der Waals surface area contributed by atoms with Crippen LogP contribution in [0.15, 0.2) is 16.7 Å². The first kappa shape index (κ1) is 17.6. The first-order valence-corrected chi connectivity index (χ1v) is 9.67. The molecule has 0 saturated carbocycles. The highest BCUT2D eigenvalue weighted by Crippen LogP contribution is 2.25. The van der Waals surface area contributed by atoms with E-state index in [1.165, 1.54) is 29.3 Å². The predicted octanol–water partition coefficient (Wildman–Crippen LogP) is 3.52. The molecule has 1 aliphatic heterocycles. The van der Waals surface area contributed by atoms with Gasteiger partial charge >= 0.3 is 0 Å². The summed E-state index contributed by atoms with van der Waals surface area (Å²) in [6, 6.07) is 4.66. The van der Waals surface area contributed by atoms with Gasteiger partial charge in [-0.05, 0) is 51.9 Å². The molecular weight excluding hydrogens is 320 g/mol. The maximum Gasteiger partial charge on any atom is 0.243 e. The highest BCUT2D eigenvalue weighted by molar-refractivity contribution is 7.11. The van der Waals surface area contributed by atoms with Crippen molar-refractivity contribution in [2.75, 3.05) is 26.7 Å². The van der Waals surface area contributed by atoms with Gasteiger partial charge in [-0.25, -0.2) is 0 Å². The Hall–Kier alpha value is -1.24. The fraction of sp³-hybridized carbons (Fsp3) is 0.667. The van der Waals surface area contributed by atoms with Gasteiger partial charge in [0.25, 0.3) is 0 Å². The molecule has 1 saturated heterocycles. The molecule has 132 valence electrons. The lowest BCUT2D eigenvalue weighted by Gasteiger charge is -2.25. The quantitative estimate of drug-likeness (QED) is 0.766. The van der Waals surface area contributed by atoms with Gasteiger partial charge in [-0.2, -0.15) is 4.98 Å². The van der Waals surface area contributed by atoms with Crippen LogP contribution in [0.4, 0.5) is 0 Å². The lowest BCUT2D eigenvalue weighted by atomic mass is 10.1. The maximum absolute atomic E-state index is 5.39. The minimum absolute atomic E-state index is 0.173. The molecule has 0 bridgehead atoms. The van der Waals surface area contributed by atoms with E-state index in [9.17, 15) is 0 Å². The number of aromatic nitrogens is 2. The van der Waals surface area contributed by atoms with Gasteiger partial charge in [-0.15, -0.1) is 11.3 Å². The van der Waals surface area contributed by atoms with Crippen molar-refractivity contribution in [2.45, 2.75) is 46.2 Å². The third-order valence-corrected chi connectivity index (χ3v) is 5.90. The SMILES string of the molecule is CCc1noc([C@@H](C)N(C)C[C@@H]2CCN(Cc3ccc(C)s3)C2)n1. The topological polar surface area (TPSA) is 45.4 Å². The van der Waals surface area contributed by atoms with Crippen LogP contribution in [0.1, 0.15) is 47.8 Å². The summed E-state index contributed by atoms with van der Waals surface area (Å²) in [5.41, 5.74) is 0. The lowest BCUT2D eigenvalue weighted by molar-refractivity contribution is 0.181. The lowest BCUT2D eigenvalue weighted by Crippen LogP contribution is -2.30. The third-order valence-electron chi connectivity index (χ3n) is 4.91. The molecule has 6 heteroatoms. The molecule has 3 heterocycles. The van der Waals surface area contributed by atoms with Crippen LogP contribution in [0.3, 0.4) is 0 Å². The Morgan fingerprint density at radius 3 is 2.96 bits per heavy atom. The van der Waals surface area contributed by atoms with Crippen LogP contribution in [0.5, 0.6) is 0 Å². The Morgan fingerprint density at radius 2 is 2.29 bits per heavy atom. The molecular formula is C18H28N4OS. The fourth-order valence-corrected chi connectivity index (χ4v) is 4.26. The Balaban J connectivity index is 1.49. The Bertz CT molecular complexity index is 653. The zero-order valence-electron chi connectivity index (χ0n) is 15.2. The molecule has 3 rings (SSSR count). The summed E-state index contributed by atoms with van der Waals surface area (Å²) in [5.74, 6) is 2.24. The van der Waals surface area contributed by atoms with Crippen molar-refractivity contribution < 1.29 is 4.52 Å². The molecule has 1 aliphatic rings. The molecule has 0 aliphatic carbocycles. The molecule has 0 radical (unpaired) electrons. The van der Waals surface area contributed by atoms with Crippen LogP contribution in [0, 0.1) is 12.8 Å². The molecule has 0 spiro atoms. The van der Waals surface area contributed by atoms with E-state index in [0.29, 0.717) is 5.92 Å². The second-order valence-electron chi connectivity index (χ2n) is 6.92. The monoisotopic (exact) mass is 348 g/mol. The largest absolute Gasteiger partial charge is 0.338 e. The minimum Gasteiger partial charge on any atom is -0.338 e. The van der Waals surface area contributed by atoms with Gasteiger partial charge in [-0.3, -0.25) is 9.80 Å². The van der Waals surface area contributed by atoms with Gasteiger partial charge < -0.3 is 4.52 Å². The highest BCUT2D eigenvalue weighted by Gasteiger charge is 2.27. The van der Waals surface area contributed by atoms with E-state index in [4.69, 9.17) is 4.52 Å². The summed E-state index contributed by atoms with van der Waals surface area (Å²) < 4.78 is 5.39. The first-order valence-electron chi connectivity index (χ1n) is 8.85. The van der Waals surface area contributed by atoms with Gasteiger partial charge in [0.1, 0.15) is 0 Å². The second-order valence-corrected chi connectivity index (χ2v) is 8.29. The summed E-state index contributed by atoms with van der Waals surface area (Å²) >= 11 is 1.92. The number of aryl methyl sites for hydroxylation is 2. The standard InChI is InChI=1S/C18H28N4OS/c1-5-17-19-18(23-20-17)14(3)21(4)10-15-8-9-22(11-15)12-16-7-6-13(2)24-16/h6-7,14-15H,5,8-12H2,1-4H3/t14-,15+/m1/s1. The van der Waals surface area contributed by atoms with Crippen LogP contribution >= 0.6 is 11.3 Å². The van der Waals surface area contributed by atoms with Crippen molar-refractivity contribution in [3.8, 4) is 0 Å². The third kappa shape index (κ3) is 4.23. The number of hydrogen-bond donors (Lipinski definition) is 0. The Labute approximate surface area is 148 Å². The van der Waals surface area contributed by atoms with Crippen LogP contribution in [0.25, 0.3) is 0 Å². The van der Waals surface area contributed by atoms with Crippen molar-refractivity contribution in [3.05, 3.63) is 33.6 Å². The average molecular weight is 349 g/mol. The molecule has 2 aromatic rings. The fourth-order valence-electron chi connectivity index (χ4n) is 3.33. The summed E-state index contributed by atoms with van der Waals surface area (Å²) in [7, 11) is 2.16. The van der Waals surface area contributed by atoms with Crippen molar-refractivity contribution in [1.82, 2.24) is 19.9 Å². The van der Waals surface area contributed by atoms with E-state index >= 15 is 0 Å². The summed E-state index contributed by atoms with van der Waals surface area (Å²) in [6.07, 6.45) is 2.09. The summed E-state index contributed by atoms with van der Waals surface area (Å²) in [5, 5.41) is 4.01. The molecule has 0 N–H and O–H groups in total. The van der Waals surface area contributed by atoms with E-state index < -0.39 is 0 Å². The molecule has 2 aromatic heterocycles. The number of rotatable bonds is 7. The molecule has 0 unspecified atom stereocenters. The number of likely N-dealkylation sites (tertiary alicyclic amines) is 1. The van der Waals surface area contributed by atoms with E-state index in [2.05, 4.69) is 53.0 Å².